The Kier molecular flexibility index (Phi) is 3.58. The summed E-state index contributed by atoms with van der Waals surface area (Å²) in [7, 11) is 0. The lowest BCUT2D eigenvalue weighted by Crippen LogP contribution is -1.96. The molecule has 0 radical (unpaired) electrons. The van der Waals surface area contributed by atoms with Crippen molar-refractivity contribution < 1.29 is 4.79 Å². The summed E-state index contributed by atoms with van der Waals surface area (Å²) in [6.45, 7) is 1.56. The summed E-state index contributed by atoms with van der Waals surface area (Å²) in [6.07, 6.45) is 1.91. The summed E-state index contributed by atoms with van der Waals surface area (Å²) in [5.41, 5.74) is 1.47. The molecule has 0 fully saturated rings. The third-order valence-electron chi connectivity index (χ3n) is 2.80. The minimum Gasteiger partial charge on any atom is -0.294 e. The van der Waals surface area contributed by atoms with E-state index in [0.29, 0.717) is 5.56 Å². The molecule has 2 heterocycles. The summed E-state index contributed by atoms with van der Waals surface area (Å²) in [5, 5.41) is 9.01. The number of hydrogen-bond donors (Lipinski definition) is 0. The second-order valence-corrected chi connectivity index (χ2v) is 6.13. The molecule has 0 saturated heterocycles. The van der Waals surface area contributed by atoms with Crippen LogP contribution in [0.5, 0.6) is 0 Å². The van der Waals surface area contributed by atoms with Crippen LogP contribution in [0.4, 0.5) is 0 Å². The second-order valence-electron chi connectivity index (χ2n) is 4.21. The lowest BCUT2D eigenvalue weighted by atomic mass is 10.1. The van der Waals surface area contributed by atoms with Gasteiger partial charge in [-0.05, 0) is 49.0 Å². The molecular formula is C14H10BrN3OS. The fraction of sp³-hybridized carbons (Fsp3) is 0.0714. The summed E-state index contributed by atoms with van der Waals surface area (Å²) in [6, 6.07) is 11.4. The second kappa shape index (κ2) is 5.38. The number of Topliss-reactive ketones (excluding diaryl/α,β-unsaturated/α-hetero) is 1. The smallest absolute Gasteiger partial charge is 0.200 e. The monoisotopic (exact) mass is 347 g/mol. The number of halogens is 1. The fourth-order valence-corrected chi connectivity index (χ4v) is 3.19. The van der Waals surface area contributed by atoms with Crippen LogP contribution in [0.3, 0.4) is 0 Å². The van der Waals surface area contributed by atoms with E-state index in [1.807, 2.05) is 47.0 Å². The van der Waals surface area contributed by atoms with E-state index in [9.17, 15) is 4.79 Å². The summed E-state index contributed by atoms with van der Waals surface area (Å²) >= 11 is 4.82. The number of nitrogens with zero attached hydrogens (tertiary/aromatic N) is 3. The van der Waals surface area contributed by atoms with Crippen molar-refractivity contribution in [3.63, 3.8) is 0 Å². The van der Waals surface area contributed by atoms with Gasteiger partial charge in [-0.25, -0.2) is 0 Å². The van der Waals surface area contributed by atoms with Crippen molar-refractivity contribution in [2.24, 2.45) is 0 Å². The zero-order valence-electron chi connectivity index (χ0n) is 10.6. The molecule has 0 spiro atoms. The Bertz CT molecular complexity index is 800. The van der Waals surface area contributed by atoms with Gasteiger partial charge in [0.1, 0.15) is 0 Å². The van der Waals surface area contributed by atoms with E-state index >= 15 is 0 Å². The number of hydrogen-bond acceptors (Lipinski definition) is 4. The van der Waals surface area contributed by atoms with Gasteiger partial charge < -0.3 is 0 Å². The molecule has 4 nitrogen and oxygen atoms in total. The van der Waals surface area contributed by atoms with Gasteiger partial charge in [-0.2, -0.15) is 0 Å². The van der Waals surface area contributed by atoms with Gasteiger partial charge >= 0.3 is 0 Å². The highest BCUT2D eigenvalue weighted by molar-refractivity contribution is 9.10. The topological polar surface area (TPSA) is 47.3 Å². The van der Waals surface area contributed by atoms with Gasteiger partial charge in [0.25, 0.3) is 0 Å². The first-order chi connectivity index (χ1) is 9.65. The van der Waals surface area contributed by atoms with Gasteiger partial charge in [0.05, 0.1) is 0 Å². The summed E-state index contributed by atoms with van der Waals surface area (Å²) in [5.74, 6) is 0.0302. The zero-order chi connectivity index (χ0) is 14.1. The van der Waals surface area contributed by atoms with Crippen LogP contribution in [-0.4, -0.2) is 20.4 Å². The van der Waals surface area contributed by atoms with Gasteiger partial charge in [0, 0.05) is 21.1 Å². The third-order valence-corrected chi connectivity index (χ3v) is 4.33. The Balaban J connectivity index is 2.05. The molecule has 3 rings (SSSR count). The molecule has 3 aromatic rings. The number of fused-ring (bicyclic) bond motifs is 1. The molecule has 1 aromatic carbocycles. The lowest BCUT2D eigenvalue weighted by molar-refractivity contribution is 0.101. The van der Waals surface area contributed by atoms with E-state index in [1.165, 1.54) is 11.8 Å². The van der Waals surface area contributed by atoms with Crippen LogP contribution >= 0.6 is 27.7 Å². The quantitative estimate of drug-likeness (QED) is 0.675. The maximum Gasteiger partial charge on any atom is 0.200 e. The van der Waals surface area contributed by atoms with Crippen LogP contribution < -0.4 is 0 Å². The van der Waals surface area contributed by atoms with E-state index in [1.54, 1.807) is 6.92 Å². The molecular weight excluding hydrogens is 338 g/mol. The highest BCUT2D eigenvalue weighted by atomic mass is 79.9. The van der Waals surface area contributed by atoms with Crippen molar-refractivity contribution in [2.75, 3.05) is 0 Å². The number of carbonyl (C=O) groups excluding carboxylic acids is 1. The van der Waals surface area contributed by atoms with Crippen molar-refractivity contribution in [2.45, 2.75) is 17.0 Å². The normalized spacial score (nSPS) is 10.9. The molecule has 0 saturated carbocycles. The minimum atomic E-state index is 0.0302. The van der Waals surface area contributed by atoms with Crippen LogP contribution in [0.1, 0.15) is 17.3 Å². The first kappa shape index (κ1) is 13.3. The Morgan fingerprint density at radius 1 is 1.25 bits per heavy atom. The van der Waals surface area contributed by atoms with Crippen LogP contribution in [0.15, 0.2) is 57.1 Å². The van der Waals surface area contributed by atoms with Crippen molar-refractivity contribution in [1.29, 1.82) is 0 Å². The van der Waals surface area contributed by atoms with Gasteiger partial charge in [0.2, 0.25) is 0 Å². The van der Waals surface area contributed by atoms with Gasteiger partial charge in [-0.15, -0.1) is 10.2 Å². The van der Waals surface area contributed by atoms with Crippen molar-refractivity contribution in [3.8, 4) is 0 Å². The highest BCUT2D eigenvalue weighted by Crippen LogP contribution is 2.31. The average molecular weight is 348 g/mol. The predicted octanol–water partition coefficient (Wildman–Crippen LogP) is 3.85. The van der Waals surface area contributed by atoms with E-state index in [2.05, 4.69) is 26.1 Å². The molecule has 100 valence electrons. The fourth-order valence-electron chi connectivity index (χ4n) is 1.85. The van der Waals surface area contributed by atoms with Gasteiger partial charge in [0.15, 0.2) is 16.6 Å². The van der Waals surface area contributed by atoms with E-state index in [0.717, 1.165) is 20.2 Å². The Labute approximate surface area is 128 Å². The summed E-state index contributed by atoms with van der Waals surface area (Å²) in [4.78, 5) is 12.6. The molecule has 0 atom stereocenters. The molecule has 2 aromatic heterocycles. The maximum atomic E-state index is 11.7. The van der Waals surface area contributed by atoms with Crippen LogP contribution in [-0.2, 0) is 0 Å². The molecule has 20 heavy (non-hydrogen) atoms. The van der Waals surface area contributed by atoms with Crippen molar-refractivity contribution in [1.82, 2.24) is 14.6 Å². The number of ketones is 1. The molecule has 0 unspecified atom stereocenters. The molecule has 0 amide bonds. The SMILES string of the molecule is CC(=O)c1cc(Br)ccc1Sc1nnc2ccccn12. The van der Waals surface area contributed by atoms with E-state index in [4.69, 9.17) is 0 Å². The minimum absolute atomic E-state index is 0.0302. The average Bonchev–Trinajstić information content (AvgIpc) is 2.84. The number of carbonyl (C=O) groups is 1. The Morgan fingerprint density at radius 2 is 2.10 bits per heavy atom. The molecule has 0 aliphatic rings. The predicted molar refractivity (Wildman–Crippen MR) is 81.3 cm³/mol. The largest absolute Gasteiger partial charge is 0.294 e. The number of aromatic nitrogens is 3. The molecule has 6 heteroatoms. The molecule has 0 bridgehead atoms. The Morgan fingerprint density at radius 3 is 2.90 bits per heavy atom. The van der Waals surface area contributed by atoms with Crippen LogP contribution in [0.25, 0.3) is 5.65 Å². The Hall–Kier alpha value is -1.66. The molecule has 0 aliphatic carbocycles. The lowest BCUT2D eigenvalue weighted by Gasteiger charge is -2.06. The van der Waals surface area contributed by atoms with Gasteiger partial charge in [-0.3, -0.25) is 9.20 Å². The first-order valence-corrected chi connectivity index (χ1v) is 7.54. The zero-order valence-corrected chi connectivity index (χ0v) is 13.0. The highest BCUT2D eigenvalue weighted by Gasteiger charge is 2.13. The maximum absolute atomic E-state index is 11.7. The standard InChI is InChI=1S/C14H10BrN3OS/c1-9(19)11-8-10(15)5-6-12(11)20-14-17-16-13-4-2-3-7-18(13)14/h2-8H,1H3. The number of benzene rings is 1. The van der Waals surface area contributed by atoms with Crippen molar-refractivity contribution >= 4 is 39.1 Å². The van der Waals surface area contributed by atoms with Crippen molar-refractivity contribution in [3.05, 3.63) is 52.6 Å². The number of pyridine rings is 1. The third kappa shape index (κ3) is 2.48. The van der Waals surface area contributed by atoms with E-state index < -0.39 is 0 Å². The molecule has 0 N–H and O–H groups in total. The first-order valence-electron chi connectivity index (χ1n) is 5.93. The van der Waals surface area contributed by atoms with Gasteiger partial charge in [-0.1, -0.05) is 22.0 Å². The number of rotatable bonds is 3. The summed E-state index contributed by atoms with van der Waals surface area (Å²) < 4.78 is 2.79. The van der Waals surface area contributed by atoms with E-state index in [-0.39, 0.29) is 5.78 Å². The van der Waals surface area contributed by atoms with Crippen LogP contribution in [0.2, 0.25) is 0 Å². The van der Waals surface area contributed by atoms with Crippen LogP contribution in [0, 0.1) is 0 Å². The molecule has 0 aliphatic heterocycles.